The zero-order chi connectivity index (χ0) is 21.9. The van der Waals surface area contributed by atoms with Crippen molar-refractivity contribution in [1.82, 2.24) is 4.90 Å². The van der Waals surface area contributed by atoms with Crippen molar-refractivity contribution in [1.29, 1.82) is 0 Å². The van der Waals surface area contributed by atoms with Gasteiger partial charge in [0.25, 0.3) is 5.91 Å². The molecular formula is C22H27ClN2O4S. The Morgan fingerprint density at radius 3 is 2.40 bits per heavy atom. The molecule has 162 valence electrons. The maximum Gasteiger partial charge on any atom is 0.263 e. The van der Waals surface area contributed by atoms with Crippen LogP contribution in [0.15, 0.2) is 48.5 Å². The van der Waals surface area contributed by atoms with Crippen LogP contribution in [0.4, 0.5) is 5.69 Å². The van der Waals surface area contributed by atoms with Crippen LogP contribution in [-0.4, -0.2) is 57.0 Å². The van der Waals surface area contributed by atoms with Crippen molar-refractivity contribution in [3.05, 3.63) is 59.1 Å². The van der Waals surface area contributed by atoms with Crippen LogP contribution in [0.5, 0.6) is 5.75 Å². The standard InChI is InChI=1S/C22H27ClN2O4S/c1-16(29-21-7-5-4-6-20(21)23)22(26)25(19-12-13-30(27,28)15-19)14-17-8-10-18(11-9-17)24(2)3/h4-11,16,19H,12-15H2,1-3H3. The molecule has 8 heteroatoms. The molecule has 3 rings (SSSR count). The van der Waals surface area contributed by atoms with Crippen LogP contribution in [-0.2, 0) is 21.2 Å². The van der Waals surface area contributed by atoms with Gasteiger partial charge in [0.15, 0.2) is 15.9 Å². The molecule has 0 bridgehead atoms. The van der Waals surface area contributed by atoms with E-state index in [4.69, 9.17) is 16.3 Å². The van der Waals surface area contributed by atoms with Gasteiger partial charge in [0.05, 0.1) is 16.5 Å². The van der Waals surface area contributed by atoms with Gasteiger partial charge < -0.3 is 14.5 Å². The van der Waals surface area contributed by atoms with E-state index >= 15 is 0 Å². The summed E-state index contributed by atoms with van der Waals surface area (Å²) in [6.07, 6.45) is -0.364. The fourth-order valence-corrected chi connectivity index (χ4v) is 5.43. The number of benzene rings is 2. The Balaban J connectivity index is 1.81. The molecule has 1 aliphatic rings. The van der Waals surface area contributed by atoms with Gasteiger partial charge in [-0.2, -0.15) is 0 Å². The van der Waals surface area contributed by atoms with E-state index in [0.29, 0.717) is 23.7 Å². The number of sulfone groups is 1. The molecule has 1 heterocycles. The second-order valence-corrected chi connectivity index (χ2v) is 10.4. The van der Waals surface area contributed by atoms with Gasteiger partial charge in [0, 0.05) is 32.4 Å². The number of anilines is 1. The largest absolute Gasteiger partial charge is 0.479 e. The van der Waals surface area contributed by atoms with E-state index in [2.05, 4.69) is 0 Å². The van der Waals surface area contributed by atoms with Gasteiger partial charge in [0.1, 0.15) is 5.75 Å². The van der Waals surface area contributed by atoms with Crippen LogP contribution in [0, 0.1) is 0 Å². The molecule has 0 aromatic heterocycles. The Morgan fingerprint density at radius 2 is 1.83 bits per heavy atom. The molecule has 2 atom stereocenters. The van der Waals surface area contributed by atoms with Gasteiger partial charge in [-0.1, -0.05) is 35.9 Å². The number of hydrogen-bond acceptors (Lipinski definition) is 5. The average molecular weight is 451 g/mol. The average Bonchev–Trinajstić information content (AvgIpc) is 3.07. The monoisotopic (exact) mass is 450 g/mol. The summed E-state index contributed by atoms with van der Waals surface area (Å²) in [6.45, 7) is 1.99. The fraction of sp³-hybridized carbons (Fsp3) is 0.409. The first-order valence-electron chi connectivity index (χ1n) is 9.84. The highest BCUT2D eigenvalue weighted by molar-refractivity contribution is 7.91. The molecule has 0 N–H and O–H groups in total. The number of halogens is 1. The lowest BCUT2D eigenvalue weighted by molar-refractivity contribution is -0.140. The van der Waals surface area contributed by atoms with E-state index in [9.17, 15) is 13.2 Å². The van der Waals surface area contributed by atoms with Crippen molar-refractivity contribution in [2.75, 3.05) is 30.5 Å². The quantitative estimate of drug-likeness (QED) is 0.646. The Bertz CT molecular complexity index is 992. The van der Waals surface area contributed by atoms with Gasteiger partial charge in [-0.25, -0.2) is 8.42 Å². The van der Waals surface area contributed by atoms with Crippen LogP contribution in [0.25, 0.3) is 0 Å². The lowest BCUT2D eigenvalue weighted by atomic mass is 10.1. The molecule has 0 saturated carbocycles. The Morgan fingerprint density at radius 1 is 1.17 bits per heavy atom. The minimum Gasteiger partial charge on any atom is -0.479 e. The Labute approximate surface area is 183 Å². The second kappa shape index (κ2) is 9.27. The molecule has 1 amide bonds. The van der Waals surface area contributed by atoms with Crippen molar-refractivity contribution in [3.8, 4) is 5.75 Å². The smallest absolute Gasteiger partial charge is 0.263 e. The van der Waals surface area contributed by atoms with Crippen LogP contribution >= 0.6 is 11.6 Å². The summed E-state index contributed by atoms with van der Waals surface area (Å²) in [6, 6.07) is 14.5. The number of nitrogens with zero attached hydrogens (tertiary/aromatic N) is 2. The minimum atomic E-state index is -3.14. The molecule has 1 saturated heterocycles. The van der Waals surface area contributed by atoms with Crippen LogP contribution < -0.4 is 9.64 Å². The van der Waals surface area contributed by atoms with E-state index in [1.807, 2.05) is 43.3 Å². The summed E-state index contributed by atoms with van der Waals surface area (Å²) in [4.78, 5) is 16.9. The highest BCUT2D eigenvalue weighted by Gasteiger charge is 2.36. The third-order valence-corrected chi connectivity index (χ3v) is 7.29. The van der Waals surface area contributed by atoms with Gasteiger partial charge in [-0.15, -0.1) is 0 Å². The number of rotatable bonds is 7. The minimum absolute atomic E-state index is 0.0205. The van der Waals surface area contributed by atoms with Crippen molar-refractivity contribution in [2.24, 2.45) is 0 Å². The van der Waals surface area contributed by atoms with Gasteiger partial charge in [0.2, 0.25) is 0 Å². The predicted octanol–water partition coefficient (Wildman–Crippen LogP) is 3.39. The lowest BCUT2D eigenvalue weighted by Crippen LogP contribution is -2.46. The van der Waals surface area contributed by atoms with Gasteiger partial charge in [-0.05, 0) is 43.2 Å². The summed E-state index contributed by atoms with van der Waals surface area (Å²) in [5.74, 6) is 0.247. The van der Waals surface area contributed by atoms with Gasteiger partial charge in [-0.3, -0.25) is 4.79 Å². The molecule has 2 aromatic carbocycles. The third-order valence-electron chi connectivity index (χ3n) is 5.23. The summed E-state index contributed by atoms with van der Waals surface area (Å²) in [7, 11) is 0.783. The van der Waals surface area contributed by atoms with E-state index in [1.165, 1.54) is 0 Å². The Kier molecular flexibility index (Phi) is 6.93. The summed E-state index contributed by atoms with van der Waals surface area (Å²) in [5, 5.41) is 0.423. The van der Waals surface area contributed by atoms with E-state index in [1.54, 1.807) is 36.1 Å². The highest BCUT2D eigenvalue weighted by atomic mass is 35.5. The van der Waals surface area contributed by atoms with Crippen LogP contribution in [0.2, 0.25) is 5.02 Å². The first-order valence-corrected chi connectivity index (χ1v) is 12.0. The third kappa shape index (κ3) is 5.46. The fourth-order valence-electron chi connectivity index (χ4n) is 3.52. The van der Waals surface area contributed by atoms with E-state index in [-0.39, 0.29) is 23.5 Å². The number of para-hydroxylation sites is 1. The zero-order valence-electron chi connectivity index (χ0n) is 17.4. The van der Waals surface area contributed by atoms with Crippen LogP contribution in [0.1, 0.15) is 18.9 Å². The molecule has 1 fully saturated rings. The molecule has 0 aliphatic carbocycles. The first-order chi connectivity index (χ1) is 14.2. The van der Waals surface area contributed by atoms with E-state index < -0.39 is 15.9 Å². The molecule has 2 aromatic rings. The zero-order valence-corrected chi connectivity index (χ0v) is 19.0. The topological polar surface area (TPSA) is 66.9 Å². The van der Waals surface area contributed by atoms with Gasteiger partial charge >= 0.3 is 0 Å². The number of amides is 1. The van der Waals surface area contributed by atoms with E-state index in [0.717, 1.165) is 11.3 Å². The molecule has 0 radical (unpaired) electrons. The predicted molar refractivity (Wildman–Crippen MR) is 120 cm³/mol. The maximum atomic E-state index is 13.3. The molecule has 30 heavy (non-hydrogen) atoms. The summed E-state index contributed by atoms with van der Waals surface area (Å²) in [5.41, 5.74) is 1.98. The second-order valence-electron chi connectivity index (χ2n) is 7.77. The van der Waals surface area contributed by atoms with Crippen molar-refractivity contribution >= 4 is 33.0 Å². The summed E-state index contributed by atoms with van der Waals surface area (Å²) >= 11 is 6.15. The molecule has 0 spiro atoms. The Hall–Kier alpha value is -2.25. The lowest BCUT2D eigenvalue weighted by Gasteiger charge is -2.31. The highest BCUT2D eigenvalue weighted by Crippen LogP contribution is 2.26. The molecule has 1 aliphatic heterocycles. The maximum absolute atomic E-state index is 13.3. The number of hydrogen-bond donors (Lipinski definition) is 0. The number of carbonyl (C=O) groups excluding carboxylic acids is 1. The van der Waals surface area contributed by atoms with Crippen molar-refractivity contribution in [2.45, 2.75) is 32.0 Å². The summed E-state index contributed by atoms with van der Waals surface area (Å²) < 4.78 is 29.9. The first kappa shape index (κ1) is 22.4. The number of ether oxygens (including phenoxy) is 1. The normalized spacial score (nSPS) is 18.6. The SMILES string of the molecule is CC(Oc1ccccc1Cl)C(=O)N(Cc1ccc(N(C)C)cc1)C1CCS(=O)(=O)C1. The van der Waals surface area contributed by atoms with Crippen molar-refractivity contribution < 1.29 is 17.9 Å². The molecule has 2 unspecified atom stereocenters. The van der Waals surface area contributed by atoms with Crippen molar-refractivity contribution in [3.63, 3.8) is 0 Å². The molecule has 6 nitrogen and oxygen atoms in total. The molecular weight excluding hydrogens is 424 g/mol. The number of carbonyl (C=O) groups is 1. The van der Waals surface area contributed by atoms with Crippen LogP contribution in [0.3, 0.4) is 0 Å².